The van der Waals surface area contributed by atoms with Crippen LogP contribution < -0.4 is 16.8 Å². The average Bonchev–Trinajstić information content (AvgIpc) is 2.37. The first-order valence-corrected chi connectivity index (χ1v) is 5.55. The molecule has 0 saturated heterocycles. The lowest BCUT2D eigenvalue weighted by atomic mass is 10.1. The normalized spacial score (nSPS) is 11.6. The lowest BCUT2D eigenvalue weighted by molar-refractivity contribution is -0.140. The molecule has 0 heterocycles. The molecule has 0 fully saturated rings. The van der Waals surface area contributed by atoms with E-state index in [4.69, 9.17) is 16.6 Å². The smallest absolute Gasteiger partial charge is 0.326 e. The molecule has 1 rings (SSSR count). The highest BCUT2D eigenvalue weighted by Crippen LogP contribution is 2.04. The predicted molar refractivity (Wildman–Crippen MR) is 67.0 cm³/mol. The lowest BCUT2D eigenvalue weighted by Gasteiger charge is -2.12. The van der Waals surface area contributed by atoms with E-state index in [1.807, 2.05) is 0 Å². The van der Waals surface area contributed by atoms with E-state index in [0.717, 1.165) is 5.56 Å². The van der Waals surface area contributed by atoms with E-state index in [2.05, 4.69) is 5.32 Å². The number of nitrogens with one attached hydrogen (secondary N) is 1. The maximum Gasteiger partial charge on any atom is 0.326 e. The standard InChI is InChI=1S/C12H15N3O4/c13-6-7-1-3-8(4-2-7)11(17)15-9(12(18)19)5-10(14)16/h1-4,9H,5-6,13H2,(H2,14,16)(H,15,17)(H,18,19). The van der Waals surface area contributed by atoms with Crippen molar-refractivity contribution in [3.63, 3.8) is 0 Å². The number of carbonyl (C=O) groups is 3. The second kappa shape index (κ2) is 6.50. The van der Waals surface area contributed by atoms with E-state index in [1.54, 1.807) is 12.1 Å². The fraction of sp³-hybridized carbons (Fsp3) is 0.250. The van der Waals surface area contributed by atoms with Crippen LogP contribution in [-0.2, 0) is 16.1 Å². The number of benzene rings is 1. The number of hydrogen-bond acceptors (Lipinski definition) is 4. The van der Waals surface area contributed by atoms with E-state index < -0.39 is 30.2 Å². The van der Waals surface area contributed by atoms with Crippen molar-refractivity contribution >= 4 is 17.8 Å². The zero-order chi connectivity index (χ0) is 14.4. The first-order valence-electron chi connectivity index (χ1n) is 5.55. The molecule has 0 saturated carbocycles. The second-order valence-electron chi connectivity index (χ2n) is 3.94. The third-order valence-electron chi connectivity index (χ3n) is 2.46. The van der Waals surface area contributed by atoms with Crippen LogP contribution in [0, 0.1) is 0 Å². The molecule has 2 amide bonds. The van der Waals surface area contributed by atoms with Gasteiger partial charge in [0.15, 0.2) is 0 Å². The van der Waals surface area contributed by atoms with E-state index in [9.17, 15) is 14.4 Å². The molecule has 6 N–H and O–H groups in total. The number of carboxylic acids is 1. The Morgan fingerprint density at radius 3 is 2.21 bits per heavy atom. The van der Waals surface area contributed by atoms with Crippen LogP contribution in [0.5, 0.6) is 0 Å². The zero-order valence-electron chi connectivity index (χ0n) is 10.1. The summed E-state index contributed by atoms with van der Waals surface area (Å²) in [5.74, 6) is -2.70. The Kier molecular flexibility index (Phi) is 5.01. The lowest BCUT2D eigenvalue weighted by Crippen LogP contribution is -2.43. The molecule has 0 aliphatic heterocycles. The van der Waals surface area contributed by atoms with Gasteiger partial charge in [0.25, 0.3) is 5.91 Å². The van der Waals surface area contributed by atoms with Crippen molar-refractivity contribution < 1.29 is 19.5 Å². The van der Waals surface area contributed by atoms with Crippen LogP contribution in [0.15, 0.2) is 24.3 Å². The average molecular weight is 265 g/mol. The van der Waals surface area contributed by atoms with Crippen LogP contribution in [0.25, 0.3) is 0 Å². The molecular formula is C12H15N3O4. The molecule has 1 aromatic carbocycles. The first-order chi connectivity index (χ1) is 8.93. The largest absolute Gasteiger partial charge is 0.480 e. The highest BCUT2D eigenvalue weighted by atomic mass is 16.4. The summed E-state index contributed by atoms with van der Waals surface area (Å²) < 4.78 is 0. The topological polar surface area (TPSA) is 136 Å². The van der Waals surface area contributed by atoms with Gasteiger partial charge in [-0.2, -0.15) is 0 Å². The summed E-state index contributed by atoms with van der Waals surface area (Å²) in [5, 5.41) is 11.1. The molecule has 0 bridgehead atoms. The minimum atomic E-state index is -1.33. The van der Waals surface area contributed by atoms with Crippen molar-refractivity contribution in [1.29, 1.82) is 0 Å². The Labute approximate surface area is 109 Å². The molecule has 0 aliphatic rings. The molecule has 1 unspecified atom stereocenters. The van der Waals surface area contributed by atoms with Crippen LogP contribution in [0.1, 0.15) is 22.3 Å². The number of carboxylic acid groups (broad SMARTS) is 1. The van der Waals surface area contributed by atoms with Gasteiger partial charge in [0, 0.05) is 12.1 Å². The van der Waals surface area contributed by atoms with Crippen LogP contribution in [0.3, 0.4) is 0 Å². The molecule has 1 atom stereocenters. The second-order valence-corrected chi connectivity index (χ2v) is 3.94. The third kappa shape index (κ3) is 4.40. The number of amides is 2. The summed E-state index contributed by atoms with van der Waals surface area (Å²) in [7, 11) is 0. The molecule has 0 radical (unpaired) electrons. The van der Waals surface area contributed by atoms with Crippen molar-refractivity contribution in [2.45, 2.75) is 19.0 Å². The van der Waals surface area contributed by atoms with E-state index >= 15 is 0 Å². The van der Waals surface area contributed by atoms with Gasteiger partial charge in [0.1, 0.15) is 6.04 Å². The van der Waals surface area contributed by atoms with Gasteiger partial charge < -0.3 is 21.9 Å². The Balaban J connectivity index is 2.75. The molecule has 0 aromatic heterocycles. The van der Waals surface area contributed by atoms with Gasteiger partial charge >= 0.3 is 5.97 Å². The molecular weight excluding hydrogens is 250 g/mol. The van der Waals surface area contributed by atoms with E-state index in [1.165, 1.54) is 12.1 Å². The van der Waals surface area contributed by atoms with Crippen molar-refractivity contribution in [2.24, 2.45) is 11.5 Å². The van der Waals surface area contributed by atoms with Gasteiger partial charge in [0.05, 0.1) is 6.42 Å². The van der Waals surface area contributed by atoms with Crippen LogP contribution in [0.4, 0.5) is 0 Å². The first kappa shape index (κ1) is 14.7. The van der Waals surface area contributed by atoms with Crippen LogP contribution >= 0.6 is 0 Å². The molecule has 0 spiro atoms. The highest BCUT2D eigenvalue weighted by Gasteiger charge is 2.22. The van der Waals surface area contributed by atoms with E-state index in [-0.39, 0.29) is 5.56 Å². The Morgan fingerprint density at radius 2 is 1.79 bits per heavy atom. The monoisotopic (exact) mass is 265 g/mol. The summed E-state index contributed by atoms with van der Waals surface area (Å²) in [4.78, 5) is 33.4. The van der Waals surface area contributed by atoms with Gasteiger partial charge in [-0.15, -0.1) is 0 Å². The van der Waals surface area contributed by atoms with Crippen molar-refractivity contribution in [3.8, 4) is 0 Å². The molecule has 7 nitrogen and oxygen atoms in total. The van der Waals surface area contributed by atoms with Gasteiger partial charge in [-0.25, -0.2) is 4.79 Å². The van der Waals surface area contributed by atoms with Crippen molar-refractivity contribution in [2.75, 3.05) is 0 Å². The van der Waals surface area contributed by atoms with Gasteiger partial charge in [0.2, 0.25) is 5.91 Å². The van der Waals surface area contributed by atoms with Crippen molar-refractivity contribution in [1.82, 2.24) is 5.32 Å². The van der Waals surface area contributed by atoms with Crippen molar-refractivity contribution in [3.05, 3.63) is 35.4 Å². The van der Waals surface area contributed by atoms with Gasteiger partial charge in [-0.3, -0.25) is 9.59 Å². The minimum Gasteiger partial charge on any atom is -0.480 e. The number of nitrogens with two attached hydrogens (primary N) is 2. The van der Waals surface area contributed by atoms with Gasteiger partial charge in [-0.05, 0) is 17.7 Å². The van der Waals surface area contributed by atoms with Crippen LogP contribution in [0.2, 0.25) is 0 Å². The summed E-state index contributed by atoms with van der Waals surface area (Å²) in [6, 6.07) is 5.05. The molecule has 102 valence electrons. The summed E-state index contributed by atoms with van der Waals surface area (Å²) in [6.45, 7) is 0.349. The number of aliphatic carboxylic acids is 1. The number of rotatable bonds is 6. The third-order valence-corrected chi connectivity index (χ3v) is 2.46. The Hall–Kier alpha value is -2.41. The molecule has 1 aromatic rings. The summed E-state index contributed by atoms with van der Waals surface area (Å²) in [6.07, 6.45) is -0.456. The Morgan fingerprint density at radius 1 is 1.21 bits per heavy atom. The highest BCUT2D eigenvalue weighted by molar-refractivity contribution is 5.97. The molecule has 19 heavy (non-hydrogen) atoms. The van der Waals surface area contributed by atoms with Gasteiger partial charge in [-0.1, -0.05) is 12.1 Å². The fourth-order valence-corrected chi connectivity index (χ4v) is 1.44. The SMILES string of the molecule is NCc1ccc(C(=O)NC(CC(N)=O)C(=O)O)cc1. The minimum absolute atomic E-state index is 0.285. The predicted octanol–water partition coefficient (Wildman–Crippen LogP) is -0.796. The van der Waals surface area contributed by atoms with Crippen LogP contribution in [-0.4, -0.2) is 28.9 Å². The number of hydrogen-bond donors (Lipinski definition) is 4. The fourth-order valence-electron chi connectivity index (χ4n) is 1.44. The molecule has 0 aliphatic carbocycles. The molecule has 7 heteroatoms. The Bertz CT molecular complexity index is 484. The maximum absolute atomic E-state index is 11.8. The van der Waals surface area contributed by atoms with E-state index in [0.29, 0.717) is 6.54 Å². The quantitative estimate of drug-likeness (QED) is 0.534. The maximum atomic E-state index is 11.8. The summed E-state index contributed by atoms with van der Waals surface area (Å²) in [5.41, 5.74) is 11.5. The zero-order valence-corrected chi connectivity index (χ0v) is 10.1. The number of carbonyl (C=O) groups excluding carboxylic acids is 2. The summed E-state index contributed by atoms with van der Waals surface area (Å²) >= 11 is 0. The number of primary amides is 1.